The lowest BCUT2D eigenvalue weighted by atomic mass is 9.69. The molecule has 5 heteroatoms. The molecule has 2 saturated carbocycles. The second-order valence-electron chi connectivity index (χ2n) is 8.27. The monoisotopic (exact) mass is 331 g/mol. The van der Waals surface area contributed by atoms with Crippen molar-refractivity contribution in [3.63, 3.8) is 0 Å². The molecule has 132 valence electrons. The lowest BCUT2D eigenvalue weighted by Crippen LogP contribution is -2.47. The van der Waals surface area contributed by atoms with Crippen LogP contribution in [0.2, 0.25) is 0 Å². The average Bonchev–Trinajstić information content (AvgIpc) is 2.87. The van der Waals surface area contributed by atoms with Crippen LogP contribution in [0, 0.1) is 16.7 Å². The van der Waals surface area contributed by atoms with E-state index in [1.807, 2.05) is 0 Å². The Morgan fingerprint density at radius 1 is 1.38 bits per heavy atom. The molecule has 1 amide bonds. The van der Waals surface area contributed by atoms with Crippen molar-refractivity contribution in [3.05, 3.63) is 28.2 Å². The Morgan fingerprint density at radius 2 is 2.12 bits per heavy atom. The molecule has 3 rings (SSSR count). The Hall–Kier alpha value is -1.65. The van der Waals surface area contributed by atoms with Gasteiger partial charge in [-0.15, -0.1) is 0 Å². The normalized spacial score (nSPS) is 30.5. The molecule has 1 aromatic rings. The van der Waals surface area contributed by atoms with Gasteiger partial charge in [0.15, 0.2) is 0 Å². The van der Waals surface area contributed by atoms with E-state index in [4.69, 9.17) is 0 Å². The van der Waals surface area contributed by atoms with Crippen LogP contribution in [0.3, 0.4) is 0 Å². The maximum Gasteiger partial charge on any atom is 0.271 e. The molecule has 1 aromatic heterocycles. The standard InChI is InChI=1S/C19H29N3O2/c1-5-6-11-22-16(23)8-7-14(21-22)17(24)20-15-12-13-9-10-19(15,4)18(13,2)3/h7-8,13,15H,5-6,9-12H2,1-4H3,(H,20,24)/t13-,15-,19-/m1/s1. The van der Waals surface area contributed by atoms with Gasteiger partial charge in [-0.05, 0) is 48.5 Å². The number of carbonyl (C=O) groups is 1. The third-order valence-electron chi connectivity index (χ3n) is 6.92. The molecular weight excluding hydrogens is 302 g/mol. The van der Waals surface area contributed by atoms with E-state index >= 15 is 0 Å². The fraction of sp³-hybridized carbons (Fsp3) is 0.737. The van der Waals surface area contributed by atoms with Crippen molar-refractivity contribution in [2.75, 3.05) is 0 Å². The van der Waals surface area contributed by atoms with Gasteiger partial charge in [0.1, 0.15) is 5.69 Å². The zero-order valence-corrected chi connectivity index (χ0v) is 15.3. The topological polar surface area (TPSA) is 64.0 Å². The highest BCUT2D eigenvalue weighted by Crippen LogP contribution is 2.65. The second-order valence-corrected chi connectivity index (χ2v) is 8.27. The van der Waals surface area contributed by atoms with E-state index in [0.29, 0.717) is 18.2 Å². The van der Waals surface area contributed by atoms with Gasteiger partial charge in [-0.3, -0.25) is 9.59 Å². The average molecular weight is 331 g/mol. The van der Waals surface area contributed by atoms with E-state index in [-0.39, 0.29) is 28.3 Å². The van der Waals surface area contributed by atoms with Gasteiger partial charge in [0.05, 0.1) is 0 Å². The molecule has 24 heavy (non-hydrogen) atoms. The van der Waals surface area contributed by atoms with Crippen molar-refractivity contribution in [2.45, 2.75) is 72.4 Å². The highest BCUT2D eigenvalue weighted by molar-refractivity contribution is 5.92. The third kappa shape index (κ3) is 2.58. The molecule has 0 aliphatic heterocycles. The lowest BCUT2D eigenvalue weighted by Gasteiger charge is -2.39. The molecule has 0 radical (unpaired) electrons. The fourth-order valence-electron chi connectivity index (χ4n) is 4.69. The first-order valence-corrected chi connectivity index (χ1v) is 9.18. The van der Waals surface area contributed by atoms with E-state index in [2.05, 4.69) is 38.1 Å². The van der Waals surface area contributed by atoms with Crippen LogP contribution in [0.4, 0.5) is 0 Å². The first kappa shape index (κ1) is 17.2. The van der Waals surface area contributed by atoms with Crippen LogP contribution in [-0.4, -0.2) is 21.7 Å². The zero-order valence-electron chi connectivity index (χ0n) is 15.3. The molecule has 2 aliphatic rings. The van der Waals surface area contributed by atoms with Crippen molar-refractivity contribution < 1.29 is 4.79 Å². The largest absolute Gasteiger partial charge is 0.347 e. The van der Waals surface area contributed by atoms with Gasteiger partial charge in [-0.25, -0.2) is 4.68 Å². The summed E-state index contributed by atoms with van der Waals surface area (Å²) in [6.45, 7) is 9.60. The molecule has 0 unspecified atom stereocenters. The van der Waals surface area contributed by atoms with Gasteiger partial charge in [0, 0.05) is 18.7 Å². The molecule has 0 spiro atoms. The Morgan fingerprint density at radius 3 is 2.71 bits per heavy atom. The number of rotatable bonds is 5. The van der Waals surface area contributed by atoms with Gasteiger partial charge in [0.25, 0.3) is 11.5 Å². The molecular formula is C19H29N3O2. The van der Waals surface area contributed by atoms with Crippen LogP contribution in [0.15, 0.2) is 16.9 Å². The summed E-state index contributed by atoms with van der Waals surface area (Å²) in [5.74, 6) is 0.522. The summed E-state index contributed by atoms with van der Waals surface area (Å²) in [5.41, 5.74) is 0.602. The highest BCUT2D eigenvalue weighted by Gasteiger charge is 2.61. The first-order chi connectivity index (χ1) is 11.3. The van der Waals surface area contributed by atoms with Crippen molar-refractivity contribution in [3.8, 4) is 0 Å². The van der Waals surface area contributed by atoms with Gasteiger partial charge >= 0.3 is 0 Å². The number of unbranched alkanes of at least 4 members (excludes halogenated alkanes) is 1. The summed E-state index contributed by atoms with van der Waals surface area (Å²) in [4.78, 5) is 24.5. The maximum absolute atomic E-state index is 12.7. The second kappa shape index (κ2) is 6.01. The zero-order chi connectivity index (χ0) is 17.5. The minimum absolute atomic E-state index is 0.143. The molecule has 3 atom stereocenters. The summed E-state index contributed by atoms with van der Waals surface area (Å²) >= 11 is 0. The Balaban J connectivity index is 1.76. The molecule has 2 bridgehead atoms. The molecule has 1 N–H and O–H groups in total. The Bertz CT molecular complexity index is 694. The number of carbonyl (C=O) groups excluding carboxylic acids is 1. The molecule has 0 aromatic carbocycles. The number of amides is 1. The van der Waals surface area contributed by atoms with Crippen molar-refractivity contribution >= 4 is 5.91 Å². The van der Waals surface area contributed by atoms with Crippen LogP contribution in [0.5, 0.6) is 0 Å². The molecule has 2 fully saturated rings. The SMILES string of the molecule is CCCCn1nc(C(=O)N[C@@H]2C[C@H]3CC[C@@]2(C)C3(C)C)ccc1=O. The van der Waals surface area contributed by atoms with Crippen LogP contribution >= 0.6 is 0 Å². The molecule has 5 nitrogen and oxygen atoms in total. The number of nitrogens with zero attached hydrogens (tertiary/aromatic N) is 2. The van der Waals surface area contributed by atoms with Crippen LogP contribution in [0.1, 0.15) is 70.3 Å². The van der Waals surface area contributed by atoms with E-state index in [1.165, 1.54) is 23.6 Å². The minimum Gasteiger partial charge on any atom is -0.347 e. The molecule has 0 saturated heterocycles. The number of nitrogens with one attached hydrogen (secondary N) is 1. The van der Waals surface area contributed by atoms with Crippen LogP contribution in [-0.2, 0) is 6.54 Å². The van der Waals surface area contributed by atoms with Gasteiger partial charge < -0.3 is 5.32 Å². The Kier molecular flexibility index (Phi) is 4.30. The number of hydrogen-bond acceptors (Lipinski definition) is 3. The Labute approximate surface area is 143 Å². The molecule has 2 aliphatic carbocycles. The predicted octanol–water partition coefficient (Wildman–Crippen LogP) is 2.99. The molecule has 1 heterocycles. The van der Waals surface area contributed by atoms with Crippen molar-refractivity contribution in [1.29, 1.82) is 0 Å². The van der Waals surface area contributed by atoms with Crippen LogP contribution < -0.4 is 10.9 Å². The van der Waals surface area contributed by atoms with E-state index in [0.717, 1.165) is 19.3 Å². The van der Waals surface area contributed by atoms with Crippen molar-refractivity contribution in [1.82, 2.24) is 15.1 Å². The quantitative estimate of drug-likeness (QED) is 0.902. The highest BCUT2D eigenvalue weighted by atomic mass is 16.2. The summed E-state index contributed by atoms with van der Waals surface area (Å²) in [7, 11) is 0. The number of hydrogen-bond donors (Lipinski definition) is 1. The smallest absolute Gasteiger partial charge is 0.271 e. The first-order valence-electron chi connectivity index (χ1n) is 9.18. The minimum atomic E-state index is -0.158. The summed E-state index contributed by atoms with van der Waals surface area (Å²) in [5, 5.41) is 7.47. The third-order valence-corrected chi connectivity index (χ3v) is 6.92. The summed E-state index contributed by atoms with van der Waals surface area (Å²) in [6, 6.07) is 3.18. The van der Waals surface area contributed by atoms with E-state index in [1.54, 1.807) is 6.07 Å². The number of fused-ring (bicyclic) bond motifs is 2. The van der Waals surface area contributed by atoms with E-state index < -0.39 is 0 Å². The van der Waals surface area contributed by atoms with E-state index in [9.17, 15) is 9.59 Å². The van der Waals surface area contributed by atoms with Gasteiger partial charge in [-0.1, -0.05) is 34.1 Å². The predicted molar refractivity (Wildman–Crippen MR) is 93.9 cm³/mol. The van der Waals surface area contributed by atoms with Crippen LogP contribution in [0.25, 0.3) is 0 Å². The van der Waals surface area contributed by atoms with Crippen molar-refractivity contribution in [2.24, 2.45) is 16.7 Å². The fourth-order valence-corrected chi connectivity index (χ4v) is 4.69. The summed E-state index contributed by atoms with van der Waals surface area (Å²) < 4.78 is 1.41. The van der Waals surface area contributed by atoms with Gasteiger partial charge in [-0.2, -0.15) is 5.10 Å². The number of aromatic nitrogens is 2. The number of aryl methyl sites for hydroxylation is 1. The lowest BCUT2D eigenvalue weighted by molar-refractivity contribution is 0.0819. The maximum atomic E-state index is 12.7. The summed E-state index contributed by atoms with van der Waals surface area (Å²) in [6.07, 6.45) is 5.34. The van der Waals surface area contributed by atoms with Gasteiger partial charge in [0.2, 0.25) is 0 Å².